The van der Waals surface area contributed by atoms with E-state index in [0.29, 0.717) is 18.9 Å². The Morgan fingerprint density at radius 2 is 2.08 bits per heavy atom. The molecule has 0 unspecified atom stereocenters. The fraction of sp³-hybridized carbons (Fsp3) is 0.500. The number of carbonyl (C=O) groups is 2. The molecule has 1 heterocycles. The monoisotopic (exact) mass is 341 g/mol. The van der Waals surface area contributed by atoms with E-state index in [1.165, 1.54) is 0 Å². The summed E-state index contributed by atoms with van der Waals surface area (Å²) in [7, 11) is 0. The van der Waals surface area contributed by atoms with E-state index < -0.39 is 0 Å². The van der Waals surface area contributed by atoms with E-state index in [9.17, 15) is 9.59 Å². The average molecular weight is 341 g/mol. The van der Waals surface area contributed by atoms with Crippen molar-refractivity contribution < 1.29 is 9.59 Å². The Morgan fingerprint density at radius 1 is 1.24 bits per heavy atom. The second-order valence-corrected chi connectivity index (χ2v) is 7.15. The van der Waals surface area contributed by atoms with Crippen molar-refractivity contribution in [1.82, 2.24) is 4.90 Å². The molecule has 1 aromatic carbocycles. The fourth-order valence-corrected chi connectivity index (χ4v) is 3.76. The van der Waals surface area contributed by atoms with Crippen molar-refractivity contribution in [2.45, 2.75) is 38.6 Å². The lowest BCUT2D eigenvalue weighted by atomic mass is 9.97. The van der Waals surface area contributed by atoms with Crippen molar-refractivity contribution in [3.8, 4) is 0 Å². The van der Waals surface area contributed by atoms with Gasteiger partial charge in [0.1, 0.15) is 0 Å². The number of hydrogen-bond acceptors (Lipinski definition) is 3. The van der Waals surface area contributed by atoms with Crippen molar-refractivity contribution in [1.29, 1.82) is 0 Å². The molecular formula is C20H27N3O2. The second-order valence-electron chi connectivity index (χ2n) is 7.15. The summed E-state index contributed by atoms with van der Waals surface area (Å²) in [4.78, 5) is 26.1. The number of hydrogen-bond donors (Lipinski definition) is 2. The van der Waals surface area contributed by atoms with Gasteiger partial charge in [-0.2, -0.15) is 0 Å². The number of piperidine rings is 1. The van der Waals surface area contributed by atoms with E-state index in [2.05, 4.69) is 22.4 Å². The minimum Gasteiger partial charge on any atom is -0.369 e. The van der Waals surface area contributed by atoms with Gasteiger partial charge in [-0.15, -0.1) is 0 Å². The highest BCUT2D eigenvalue weighted by molar-refractivity contribution is 5.91. The number of nitrogens with two attached hydrogens (primary N) is 1. The molecule has 3 rings (SSSR count). The van der Waals surface area contributed by atoms with Crippen LogP contribution in [0.1, 0.15) is 37.7 Å². The number of rotatable bonds is 6. The standard InChI is InChI=1S/C20H27N3O2/c21-20(25)17-9-5-11-23(14-17)13-16-8-3-4-10-18(16)22-19(24)12-15-6-1-2-7-15/h1,3-4,6,8,10,15,17H,2,5,7,9,11-14H2,(H2,21,25)(H,22,24)/t15-,17-/m1/s1. The van der Waals surface area contributed by atoms with Crippen molar-refractivity contribution in [2.24, 2.45) is 17.6 Å². The van der Waals surface area contributed by atoms with Gasteiger partial charge in [0.05, 0.1) is 5.92 Å². The van der Waals surface area contributed by atoms with Crippen LogP contribution >= 0.6 is 0 Å². The van der Waals surface area contributed by atoms with Gasteiger partial charge in [0.15, 0.2) is 0 Å². The topological polar surface area (TPSA) is 75.4 Å². The highest BCUT2D eigenvalue weighted by atomic mass is 16.2. The zero-order valence-corrected chi connectivity index (χ0v) is 14.6. The molecule has 0 bridgehead atoms. The Balaban J connectivity index is 1.61. The summed E-state index contributed by atoms with van der Waals surface area (Å²) in [6.07, 6.45) is 8.83. The largest absolute Gasteiger partial charge is 0.369 e. The maximum atomic E-state index is 12.3. The normalized spacial score (nSPS) is 23.5. The number of likely N-dealkylation sites (tertiary alicyclic amines) is 1. The van der Waals surface area contributed by atoms with Crippen LogP contribution in [0, 0.1) is 11.8 Å². The number of anilines is 1. The first-order valence-electron chi connectivity index (χ1n) is 9.18. The highest BCUT2D eigenvalue weighted by Crippen LogP contribution is 2.24. The van der Waals surface area contributed by atoms with Crippen LogP contribution in [-0.4, -0.2) is 29.8 Å². The Kier molecular flexibility index (Phi) is 5.87. The SMILES string of the molecule is NC(=O)[C@@H]1CCCN(Cc2ccccc2NC(=O)C[C@@H]2C=CCC2)C1. The lowest BCUT2D eigenvalue weighted by Crippen LogP contribution is -2.40. The Labute approximate surface area is 149 Å². The van der Waals surface area contributed by atoms with E-state index in [4.69, 9.17) is 5.73 Å². The van der Waals surface area contributed by atoms with Gasteiger partial charge in [-0.3, -0.25) is 14.5 Å². The third kappa shape index (κ3) is 4.92. The summed E-state index contributed by atoms with van der Waals surface area (Å²) in [6, 6.07) is 7.92. The number of benzene rings is 1. The van der Waals surface area contributed by atoms with Crippen LogP contribution in [0.2, 0.25) is 0 Å². The lowest BCUT2D eigenvalue weighted by Gasteiger charge is -2.31. The van der Waals surface area contributed by atoms with Crippen molar-refractivity contribution in [2.75, 3.05) is 18.4 Å². The molecule has 1 saturated heterocycles. The van der Waals surface area contributed by atoms with Gasteiger partial charge in [0, 0.05) is 25.2 Å². The zero-order valence-electron chi connectivity index (χ0n) is 14.6. The molecule has 0 radical (unpaired) electrons. The second kappa shape index (κ2) is 8.30. The minimum atomic E-state index is -0.212. The molecule has 3 N–H and O–H groups in total. The summed E-state index contributed by atoms with van der Waals surface area (Å²) in [6.45, 7) is 2.38. The molecule has 134 valence electrons. The zero-order chi connectivity index (χ0) is 17.6. The van der Waals surface area contributed by atoms with Gasteiger partial charge >= 0.3 is 0 Å². The van der Waals surface area contributed by atoms with Gasteiger partial charge < -0.3 is 11.1 Å². The Hall–Kier alpha value is -2.14. The first-order chi connectivity index (χ1) is 12.1. The smallest absolute Gasteiger partial charge is 0.224 e. The van der Waals surface area contributed by atoms with Crippen LogP contribution in [0.25, 0.3) is 0 Å². The number of amides is 2. The quantitative estimate of drug-likeness (QED) is 0.781. The fourth-order valence-electron chi connectivity index (χ4n) is 3.76. The summed E-state index contributed by atoms with van der Waals surface area (Å²) < 4.78 is 0. The number of allylic oxidation sites excluding steroid dienone is 2. The number of para-hydroxylation sites is 1. The predicted octanol–water partition coefficient (Wildman–Crippen LogP) is 2.68. The van der Waals surface area contributed by atoms with Crippen molar-refractivity contribution >= 4 is 17.5 Å². The molecular weight excluding hydrogens is 314 g/mol. The molecule has 2 aliphatic rings. The molecule has 5 heteroatoms. The van der Waals surface area contributed by atoms with E-state index in [-0.39, 0.29) is 17.7 Å². The summed E-state index contributed by atoms with van der Waals surface area (Å²) in [5, 5.41) is 3.07. The van der Waals surface area contributed by atoms with Gasteiger partial charge in [0.2, 0.25) is 11.8 Å². The summed E-state index contributed by atoms with van der Waals surface area (Å²) in [5.74, 6) is 0.156. The number of nitrogens with one attached hydrogen (secondary N) is 1. The van der Waals surface area contributed by atoms with Crippen LogP contribution in [0.15, 0.2) is 36.4 Å². The van der Waals surface area contributed by atoms with Crippen molar-refractivity contribution in [3.05, 3.63) is 42.0 Å². The van der Waals surface area contributed by atoms with Gasteiger partial charge in [-0.05, 0) is 49.8 Å². The van der Waals surface area contributed by atoms with E-state index in [0.717, 1.165) is 50.0 Å². The Bertz CT molecular complexity index is 656. The van der Waals surface area contributed by atoms with E-state index >= 15 is 0 Å². The van der Waals surface area contributed by atoms with Crippen LogP contribution < -0.4 is 11.1 Å². The first kappa shape index (κ1) is 17.7. The third-order valence-corrected chi connectivity index (χ3v) is 5.15. The van der Waals surface area contributed by atoms with Crippen LogP contribution in [-0.2, 0) is 16.1 Å². The number of primary amides is 1. The molecule has 25 heavy (non-hydrogen) atoms. The van der Waals surface area contributed by atoms with Crippen molar-refractivity contribution in [3.63, 3.8) is 0 Å². The molecule has 0 saturated carbocycles. The molecule has 0 aromatic heterocycles. The molecule has 1 aliphatic heterocycles. The van der Waals surface area contributed by atoms with Gasteiger partial charge in [-0.1, -0.05) is 30.4 Å². The molecule has 1 aliphatic carbocycles. The predicted molar refractivity (Wildman–Crippen MR) is 98.7 cm³/mol. The first-order valence-corrected chi connectivity index (χ1v) is 9.18. The van der Waals surface area contributed by atoms with Gasteiger partial charge in [0.25, 0.3) is 0 Å². The maximum Gasteiger partial charge on any atom is 0.224 e. The number of nitrogens with zero attached hydrogens (tertiary/aromatic N) is 1. The van der Waals surface area contributed by atoms with E-state index in [1.54, 1.807) is 0 Å². The minimum absolute atomic E-state index is 0.0651. The third-order valence-electron chi connectivity index (χ3n) is 5.15. The van der Waals surface area contributed by atoms with Crippen LogP contribution in [0.3, 0.4) is 0 Å². The van der Waals surface area contributed by atoms with E-state index in [1.807, 2.05) is 24.3 Å². The number of carbonyl (C=O) groups excluding carboxylic acids is 2. The molecule has 5 nitrogen and oxygen atoms in total. The lowest BCUT2D eigenvalue weighted by molar-refractivity contribution is -0.123. The molecule has 2 amide bonds. The van der Waals surface area contributed by atoms with Crippen LogP contribution in [0.5, 0.6) is 0 Å². The molecule has 0 spiro atoms. The summed E-state index contributed by atoms with van der Waals surface area (Å²) in [5.41, 5.74) is 7.43. The van der Waals surface area contributed by atoms with Crippen LogP contribution in [0.4, 0.5) is 5.69 Å². The Morgan fingerprint density at radius 3 is 2.84 bits per heavy atom. The highest BCUT2D eigenvalue weighted by Gasteiger charge is 2.24. The molecule has 1 aromatic rings. The summed E-state index contributed by atoms with van der Waals surface area (Å²) >= 11 is 0. The average Bonchev–Trinajstić information content (AvgIpc) is 3.10. The maximum absolute atomic E-state index is 12.3. The molecule has 1 fully saturated rings. The molecule has 2 atom stereocenters. The van der Waals surface area contributed by atoms with Gasteiger partial charge in [-0.25, -0.2) is 0 Å².